The van der Waals surface area contributed by atoms with Crippen molar-refractivity contribution in [3.8, 4) is 17.2 Å². The summed E-state index contributed by atoms with van der Waals surface area (Å²) in [6.07, 6.45) is 3.44. The second-order valence-electron chi connectivity index (χ2n) is 14.3. The summed E-state index contributed by atoms with van der Waals surface area (Å²) in [6.45, 7) is 0.679. The molecular formula is C43H39N5O7. The summed E-state index contributed by atoms with van der Waals surface area (Å²) < 4.78 is 17.8. The molecule has 4 aliphatic rings. The number of nitro benzene ring substituents is 1. The van der Waals surface area contributed by atoms with Gasteiger partial charge in [-0.2, -0.15) is 0 Å². The first-order valence-electron chi connectivity index (χ1n) is 18.4. The Bertz CT molecular complexity index is 2400. The van der Waals surface area contributed by atoms with Crippen LogP contribution in [0.25, 0.3) is 0 Å². The fraction of sp³-hybridized carbons (Fsp3) is 0.256. The molecule has 278 valence electrons. The molecule has 12 nitrogen and oxygen atoms in total. The molecule has 0 spiro atoms. The zero-order valence-corrected chi connectivity index (χ0v) is 30.4. The Labute approximate surface area is 317 Å². The Balaban J connectivity index is 0.945. The highest BCUT2D eigenvalue weighted by Gasteiger charge is 2.38. The number of benzene rings is 5. The van der Waals surface area contributed by atoms with Gasteiger partial charge in [0, 0.05) is 60.0 Å². The van der Waals surface area contributed by atoms with Crippen LogP contribution in [0.5, 0.6) is 17.2 Å². The minimum Gasteiger partial charge on any atom is -0.496 e. The zero-order chi connectivity index (χ0) is 37.8. The predicted molar refractivity (Wildman–Crippen MR) is 210 cm³/mol. The smallest absolute Gasteiger partial charge is 0.270 e. The van der Waals surface area contributed by atoms with Gasteiger partial charge in [-0.3, -0.25) is 24.8 Å². The molecule has 0 aliphatic carbocycles. The van der Waals surface area contributed by atoms with E-state index in [1.54, 1.807) is 37.3 Å². The van der Waals surface area contributed by atoms with Crippen molar-refractivity contribution in [3.63, 3.8) is 0 Å². The first kappa shape index (κ1) is 34.4. The van der Waals surface area contributed by atoms with E-state index in [9.17, 15) is 20.0 Å². The summed E-state index contributed by atoms with van der Waals surface area (Å²) in [5.41, 5.74) is 8.86. The SMILES string of the molecule is COc1cc2c(cc1CCc1cc(COc3cc4c(cc3OC)C(O)N3c5ccccc5C[C@H]3CN4)cc([N+](=O)[O-])c1)N=C[C@@H]1Cc3ccccc3N1C2=O. The Morgan fingerprint density at radius 1 is 0.873 bits per heavy atom. The lowest BCUT2D eigenvalue weighted by Crippen LogP contribution is -2.37. The fourth-order valence-electron chi connectivity index (χ4n) is 8.46. The number of hydrogen-bond donors (Lipinski definition) is 2. The number of non-ortho nitro benzene ring substituents is 1. The monoisotopic (exact) mass is 737 g/mol. The number of nitro groups is 1. The number of fused-ring (bicyclic) bond motifs is 8. The van der Waals surface area contributed by atoms with Crippen LogP contribution in [0, 0.1) is 10.1 Å². The van der Waals surface area contributed by atoms with E-state index >= 15 is 0 Å². The number of amides is 1. The summed E-state index contributed by atoms with van der Waals surface area (Å²) in [7, 11) is 3.12. The first-order valence-corrected chi connectivity index (χ1v) is 18.4. The van der Waals surface area contributed by atoms with Crippen molar-refractivity contribution in [2.45, 2.75) is 50.6 Å². The van der Waals surface area contributed by atoms with Gasteiger partial charge in [0.15, 0.2) is 17.7 Å². The van der Waals surface area contributed by atoms with Gasteiger partial charge in [0.05, 0.1) is 42.5 Å². The van der Waals surface area contributed by atoms with Crippen LogP contribution in [0.4, 0.5) is 28.4 Å². The van der Waals surface area contributed by atoms with Crippen molar-refractivity contribution in [1.29, 1.82) is 0 Å². The molecule has 3 atom stereocenters. The highest BCUT2D eigenvalue weighted by molar-refractivity contribution is 6.14. The van der Waals surface area contributed by atoms with Crippen LogP contribution in [0.3, 0.4) is 0 Å². The fourth-order valence-corrected chi connectivity index (χ4v) is 8.46. The first-order chi connectivity index (χ1) is 26.8. The van der Waals surface area contributed by atoms with Crippen molar-refractivity contribution in [2.75, 3.05) is 35.9 Å². The molecule has 5 aromatic carbocycles. The van der Waals surface area contributed by atoms with E-state index in [1.165, 1.54) is 11.6 Å². The van der Waals surface area contributed by atoms with Crippen molar-refractivity contribution in [3.05, 3.63) is 140 Å². The molecule has 0 bridgehead atoms. The molecule has 0 aromatic heterocycles. The third-order valence-corrected chi connectivity index (χ3v) is 11.1. The minimum absolute atomic E-state index is 0.0411. The largest absolute Gasteiger partial charge is 0.496 e. The van der Waals surface area contributed by atoms with E-state index in [1.807, 2.05) is 66.9 Å². The number of aliphatic hydroxyl groups is 1. The summed E-state index contributed by atoms with van der Waals surface area (Å²) >= 11 is 0. The average Bonchev–Trinajstić information content (AvgIpc) is 3.70. The van der Waals surface area contributed by atoms with Crippen LogP contribution in [0.15, 0.2) is 96.0 Å². The molecule has 5 aromatic rings. The van der Waals surface area contributed by atoms with Gasteiger partial charge in [-0.1, -0.05) is 42.5 Å². The lowest BCUT2D eigenvalue weighted by atomic mass is 9.99. The molecular weight excluding hydrogens is 699 g/mol. The second-order valence-corrected chi connectivity index (χ2v) is 14.3. The quantitative estimate of drug-likeness (QED) is 0.120. The number of rotatable bonds is 9. The number of carbonyl (C=O) groups excluding carboxylic acids is 1. The number of aliphatic hydroxyl groups excluding tert-OH is 1. The number of anilines is 3. The Hall–Kier alpha value is -6.40. The number of hydrogen-bond acceptors (Lipinski definition) is 10. The standard InChI is InChI=1S/C43H39N5O7/c1-53-39-19-33-35(44-22-31-16-27-7-3-5-9-37(27)46(31)42(33)49)18-29(39)12-11-25-13-26(15-30(14-25)48(51)52)24-55-41-21-36-34(20-40(41)54-2)43(50)47-32(23-45-36)17-28-8-4-6-10-38(28)47/h3-10,13-15,18-22,31-32,43,45,50H,11-12,16-17,23-24H2,1-2H3/t31-,32-,43?/m0/s1. The van der Waals surface area contributed by atoms with Gasteiger partial charge in [0.2, 0.25) is 0 Å². The number of ether oxygens (including phenoxy) is 3. The Morgan fingerprint density at radius 3 is 2.40 bits per heavy atom. The number of para-hydroxylation sites is 2. The van der Waals surface area contributed by atoms with Crippen LogP contribution >= 0.6 is 0 Å². The summed E-state index contributed by atoms with van der Waals surface area (Å²) in [4.78, 5) is 34.1. The van der Waals surface area contributed by atoms with E-state index in [0.29, 0.717) is 65.4 Å². The predicted octanol–water partition coefficient (Wildman–Crippen LogP) is 7.11. The van der Waals surface area contributed by atoms with Crippen LogP contribution in [0.1, 0.15) is 50.0 Å². The third-order valence-electron chi connectivity index (χ3n) is 11.1. The molecule has 55 heavy (non-hydrogen) atoms. The topological polar surface area (TPSA) is 139 Å². The second kappa shape index (κ2) is 13.8. The van der Waals surface area contributed by atoms with Crippen molar-refractivity contribution in [1.82, 2.24) is 0 Å². The number of nitrogens with one attached hydrogen (secondary N) is 1. The van der Waals surface area contributed by atoms with E-state index in [-0.39, 0.29) is 30.3 Å². The number of nitrogens with zero attached hydrogens (tertiary/aromatic N) is 4. The van der Waals surface area contributed by atoms with Crippen molar-refractivity contribution in [2.24, 2.45) is 4.99 Å². The minimum atomic E-state index is -0.888. The normalized spacial score (nSPS) is 18.8. The number of methoxy groups -OCH3 is 2. The molecule has 0 fully saturated rings. The van der Waals surface area contributed by atoms with Gasteiger partial charge in [-0.05, 0) is 77.4 Å². The molecule has 9 rings (SSSR count). The maximum atomic E-state index is 13.9. The van der Waals surface area contributed by atoms with Crippen LogP contribution in [0.2, 0.25) is 0 Å². The molecule has 0 saturated heterocycles. The van der Waals surface area contributed by atoms with E-state index < -0.39 is 11.2 Å². The zero-order valence-electron chi connectivity index (χ0n) is 30.4. The van der Waals surface area contributed by atoms with E-state index in [0.717, 1.165) is 40.2 Å². The van der Waals surface area contributed by atoms with E-state index in [2.05, 4.69) is 16.3 Å². The maximum absolute atomic E-state index is 13.9. The van der Waals surface area contributed by atoms with Gasteiger partial charge >= 0.3 is 0 Å². The maximum Gasteiger partial charge on any atom is 0.270 e. The van der Waals surface area contributed by atoms with Gasteiger partial charge in [-0.15, -0.1) is 0 Å². The Kier molecular flexibility index (Phi) is 8.61. The van der Waals surface area contributed by atoms with Gasteiger partial charge in [0.1, 0.15) is 12.4 Å². The highest BCUT2D eigenvalue weighted by atomic mass is 16.6. The number of aryl methyl sites for hydroxylation is 2. The van der Waals surface area contributed by atoms with Crippen LogP contribution in [-0.2, 0) is 32.3 Å². The molecule has 4 aliphatic heterocycles. The summed E-state index contributed by atoms with van der Waals surface area (Å²) in [5.74, 6) is 1.32. The molecule has 0 radical (unpaired) electrons. The Morgan fingerprint density at radius 2 is 1.62 bits per heavy atom. The van der Waals surface area contributed by atoms with Crippen molar-refractivity contribution < 1.29 is 29.0 Å². The highest BCUT2D eigenvalue weighted by Crippen LogP contribution is 2.45. The van der Waals surface area contributed by atoms with Gasteiger partial charge in [-0.25, -0.2) is 0 Å². The molecule has 1 amide bonds. The molecule has 0 saturated carbocycles. The number of carbonyl (C=O) groups is 1. The lowest BCUT2D eigenvalue weighted by molar-refractivity contribution is -0.385. The van der Waals surface area contributed by atoms with E-state index in [4.69, 9.17) is 19.2 Å². The van der Waals surface area contributed by atoms with Gasteiger partial charge < -0.3 is 29.5 Å². The third kappa shape index (κ3) is 6.08. The lowest BCUT2D eigenvalue weighted by Gasteiger charge is -2.30. The van der Waals surface area contributed by atoms with Gasteiger partial charge in [0.25, 0.3) is 11.6 Å². The average molecular weight is 738 g/mol. The van der Waals surface area contributed by atoms with Crippen LogP contribution < -0.4 is 29.3 Å². The molecule has 4 heterocycles. The molecule has 2 N–H and O–H groups in total. The molecule has 1 unspecified atom stereocenters. The summed E-state index contributed by atoms with van der Waals surface area (Å²) in [6, 6.07) is 28.2. The van der Waals surface area contributed by atoms with Crippen LogP contribution in [-0.4, -0.2) is 55.0 Å². The van der Waals surface area contributed by atoms with Crippen molar-refractivity contribution >= 4 is 40.6 Å². The summed E-state index contributed by atoms with van der Waals surface area (Å²) in [5, 5.41) is 27.2. The number of aliphatic imine (C=N–C) groups is 1. The molecule has 12 heteroatoms.